The first-order valence-corrected chi connectivity index (χ1v) is 7.92. The summed E-state index contributed by atoms with van der Waals surface area (Å²) in [6.07, 6.45) is 1.50. The first kappa shape index (κ1) is 18.2. The minimum absolute atomic E-state index is 0.196. The molecule has 0 spiro atoms. The molecule has 2 atom stereocenters. The number of ether oxygens (including phenoxy) is 2. The topological polar surface area (TPSA) is 59.0 Å². The third kappa shape index (κ3) is 5.47. The van der Waals surface area contributed by atoms with Gasteiger partial charge in [0.2, 0.25) is 0 Å². The molecule has 21 heavy (non-hydrogen) atoms. The molecule has 0 saturated carbocycles. The van der Waals surface area contributed by atoms with Gasteiger partial charge in [0, 0.05) is 13.1 Å². The van der Waals surface area contributed by atoms with E-state index in [2.05, 4.69) is 6.92 Å². The predicted octanol–water partition coefficient (Wildman–Crippen LogP) is 2.95. The van der Waals surface area contributed by atoms with Crippen molar-refractivity contribution in [3.63, 3.8) is 0 Å². The van der Waals surface area contributed by atoms with Crippen molar-refractivity contribution in [3.8, 4) is 0 Å². The van der Waals surface area contributed by atoms with Gasteiger partial charge in [-0.3, -0.25) is 0 Å². The van der Waals surface area contributed by atoms with Crippen molar-refractivity contribution in [2.45, 2.75) is 84.2 Å². The first-order valence-electron chi connectivity index (χ1n) is 7.92. The summed E-state index contributed by atoms with van der Waals surface area (Å²) in [7, 11) is 0. The van der Waals surface area contributed by atoms with Crippen molar-refractivity contribution in [1.82, 2.24) is 4.90 Å². The van der Waals surface area contributed by atoms with Crippen LogP contribution in [-0.2, 0) is 9.47 Å². The molecule has 0 aromatic carbocycles. The van der Waals surface area contributed by atoms with Gasteiger partial charge in [-0.05, 0) is 53.9 Å². The van der Waals surface area contributed by atoms with Crippen LogP contribution >= 0.6 is 0 Å². The molecule has 0 bridgehead atoms. The fourth-order valence-corrected chi connectivity index (χ4v) is 2.47. The van der Waals surface area contributed by atoms with Gasteiger partial charge in [0.05, 0.1) is 17.8 Å². The zero-order valence-corrected chi connectivity index (χ0v) is 14.3. The second-order valence-electron chi connectivity index (χ2n) is 7.07. The van der Waals surface area contributed by atoms with Crippen molar-refractivity contribution in [3.05, 3.63) is 0 Å². The highest BCUT2D eigenvalue weighted by atomic mass is 16.6. The van der Waals surface area contributed by atoms with E-state index < -0.39 is 11.7 Å². The van der Waals surface area contributed by atoms with Crippen LogP contribution in [0.15, 0.2) is 0 Å². The van der Waals surface area contributed by atoms with E-state index in [9.17, 15) is 9.90 Å². The van der Waals surface area contributed by atoms with Gasteiger partial charge in [0.25, 0.3) is 0 Å². The van der Waals surface area contributed by atoms with Crippen LogP contribution in [0.2, 0.25) is 0 Å². The monoisotopic (exact) mass is 301 g/mol. The van der Waals surface area contributed by atoms with Crippen LogP contribution in [0, 0.1) is 0 Å². The lowest BCUT2D eigenvalue weighted by Gasteiger charge is -2.43. The summed E-state index contributed by atoms with van der Waals surface area (Å²) in [6.45, 7) is 12.6. The summed E-state index contributed by atoms with van der Waals surface area (Å²) >= 11 is 0. The molecule has 124 valence electrons. The third-order valence-corrected chi connectivity index (χ3v) is 4.09. The molecule has 1 N–H and O–H groups in total. The molecule has 1 amide bonds. The molecule has 5 heteroatoms. The normalized spacial score (nSPS) is 21.8. The standard InChI is InChI=1S/C16H31NO4/c1-7-16(20-13(3)12(2)18)8-10-17(11-9-16)14(19)21-15(4,5)6/h12-13,18H,7-11H2,1-6H3. The number of likely N-dealkylation sites (tertiary alicyclic amines) is 1. The Balaban J connectivity index is 2.58. The zero-order valence-electron chi connectivity index (χ0n) is 14.3. The van der Waals surface area contributed by atoms with Crippen molar-refractivity contribution in [1.29, 1.82) is 0 Å². The number of amides is 1. The Morgan fingerprint density at radius 2 is 1.81 bits per heavy atom. The maximum atomic E-state index is 12.1. The van der Waals surface area contributed by atoms with Crippen LogP contribution in [0.25, 0.3) is 0 Å². The van der Waals surface area contributed by atoms with E-state index >= 15 is 0 Å². The Morgan fingerprint density at radius 3 is 2.19 bits per heavy atom. The van der Waals surface area contributed by atoms with Gasteiger partial charge in [0.1, 0.15) is 5.60 Å². The minimum atomic E-state index is -0.489. The highest BCUT2D eigenvalue weighted by Crippen LogP contribution is 2.32. The number of hydrogen-bond acceptors (Lipinski definition) is 4. The molecule has 1 aliphatic heterocycles. The van der Waals surface area contributed by atoms with Crippen LogP contribution in [0.3, 0.4) is 0 Å². The van der Waals surface area contributed by atoms with Gasteiger partial charge < -0.3 is 19.5 Å². The average molecular weight is 301 g/mol. The van der Waals surface area contributed by atoms with Crippen molar-refractivity contribution in [2.24, 2.45) is 0 Å². The number of piperidine rings is 1. The van der Waals surface area contributed by atoms with Gasteiger partial charge in [-0.25, -0.2) is 4.79 Å². The van der Waals surface area contributed by atoms with Crippen LogP contribution in [0.5, 0.6) is 0 Å². The van der Waals surface area contributed by atoms with E-state index in [-0.39, 0.29) is 17.8 Å². The maximum Gasteiger partial charge on any atom is 0.410 e. The van der Waals surface area contributed by atoms with Crippen molar-refractivity contribution < 1.29 is 19.4 Å². The molecule has 2 unspecified atom stereocenters. The lowest BCUT2D eigenvalue weighted by molar-refractivity contribution is -0.146. The highest BCUT2D eigenvalue weighted by Gasteiger charge is 2.38. The lowest BCUT2D eigenvalue weighted by atomic mass is 9.88. The molecule has 1 heterocycles. The summed E-state index contributed by atoms with van der Waals surface area (Å²) in [5, 5.41) is 9.62. The number of carbonyl (C=O) groups excluding carboxylic acids is 1. The molecular weight excluding hydrogens is 270 g/mol. The van der Waals surface area contributed by atoms with Crippen LogP contribution in [0.4, 0.5) is 4.79 Å². The Kier molecular flexibility index (Phi) is 6.05. The Labute approximate surface area is 128 Å². The number of aliphatic hydroxyl groups is 1. The summed E-state index contributed by atoms with van der Waals surface area (Å²) in [5.74, 6) is 0. The van der Waals surface area contributed by atoms with Gasteiger partial charge in [-0.15, -0.1) is 0 Å². The smallest absolute Gasteiger partial charge is 0.410 e. The van der Waals surface area contributed by atoms with Crippen molar-refractivity contribution >= 4 is 6.09 Å². The Bertz CT molecular complexity index is 341. The largest absolute Gasteiger partial charge is 0.444 e. The van der Waals surface area contributed by atoms with E-state index in [0.717, 1.165) is 19.3 Å². The van der Waals surface area contributed by atoms with Gasteiger partial charge in [-0.2, -0.15) is 0 Å². The summed E-state index contributed by atoms with van der Waals surface area (Å²) < 4.78 is 11.5. The summed E-state index contributed by atoms with van der Waals surface area (Å²) in [5.41, 5.74) is -0.706. The lowest BCUT2D eigenvalue weighted by Crippen LogP contribution is -2.50. The number of aliphatic hydroxyl groups excluding tert-OH is 1. The number of nitrogens with zero attached hydrogens (tertiary/aromatic N) is 1. The highest BCUT2D eigenvalue weighted by molar-refractivity contribution is 5.68. The molecule has 1 rings (SSSR count). The first-order chi connectivity index (χ1) is 9.58. The van der Waals surface area contributed by atoms with Gasteiger partial charge in [0.15, 0.2) is 0 Å². The fraction of sp³-hybridized carbons (Fsp3) is 0.938. The molecule has 0 radical (unpaired) electrons. The molecule has 5 nitrogen and oxygen atoms in total. The number of rotatable bonds is 4. The van der Waals surface area contributed by atoms with Crippen LogP contribution in [0.1, 0.15) is 60.8 Å². The summed E-state index contributed by atoms with van der Waals surface area (Å²) in [4.78, 5) is 13.8. The minimum Gasteiger partial charge on any atom is -0.444 e. The van der Waals surface area contributed by atoms with Gasteiger partial charge in [-0.1, -0.05) is 6.92 Å². The van der Waals surface area contributed by atoms with Crippen LogP contribution in [-0.4, -0.2) is 52.6 Å². The zero-order chi connectivity index (χ0) is 16.3. The third-order valence-electron chi connectivity index (χ3n) is 4.09. The predicted molar refractivity (Wildman–Crippen MR) is 82.3 cm³/mol. The Morgan fingerprint density at radius 1 is 1.29 bits per heavy atom. The van der Waals surface area contributed by atoms with E-state index in [4.69, 9.17) is 9.47 Å². The Hall–Kier alpha value is -0.810. The average Bonchev–Trinajstić information content (AvgIpc) is 2.37. The second kappa shape index (κ2) is 6.97. The van der Waals surface area contributed by atoms with E-state index in [0.29, 0.717) is 13.1 Å². The molecule has 0 aromatic heterocycles. The maximum absolute atomic E-state index is 12.1. The molecule has 1 fully saturated rings. The van der Waals surface area contributed by atoms with Crippen molar-refractivity contribution in [2.75, 3.05) is 13.1 Å². The second-order valence-corrected chi connectivity index (χ2v) is 7.07. The summed E-state index contributed by atoms with van der Waals surface area (Å²) in [6, 6.07) is 0. The molecule has 0 aliphatic carbocycles. The molecule has 1 saturated heterocycles. The number of hydrogen-bond donors (Lipinski definition) is 1. The SMILES string of the molecule is CCC1(OC(C)C(C)O)CCN(C(=O)OC(C)(C)C)CC1. The van der Waals surface area contributed by atoms with E-state index in [1.54, 1.807) is 11.8 Å². The van der Waals surface area contributed by atoms with E-state index in [1.165, 1.54) is 0 Å². The van der Waals surface area contributed by atoms with Gasteiger partial charge >= 0.3 is 6.09 Å². The molecule has 1 aliphatic rings. The molecular formula is C16H31NO4. The number of carbonyl (C=O) groups is 1. The molecule has 0 aromatic rings. The van der Waals surface area contributed by atoms with Crippen LogP contribution < -0.4 is 0 Å². The van der Waals surface area contributed by atoms with E-state index in [1.807, 2.05) is 27.7 Å². The quantitative estimate of drug-likeness (QED) is 0.867. The fourth-order valence-electron chi connectivity index (χ4n) is 2.47.